The molecule has 7 heteroatoms. The third kappa shape index (κ3) is 5.93. The van der Waals surface area contributed by atoms with E-state index in [-0.39, 0.29) is 0 Å². The van der Waals surface area contributed by atoms with Crippen molar-refractivity contribution in [1.29, 1.82) is 0 Å². The van der Waals surface area contributed by atoms with Crippen LogP contribution in [0.4, 0.5) is 0 Å². The molecule has 0 radical (unpaired) electrons. The molecule has 0 heterocycles. The zero-order valence-electron chi connectivity index (χ0n) is 21.8. The molecule has 0 aromatic heterocycles. The van der Waals surface area contributed by atoms with Gasteiger partial charge in [-0.1, -0.05) is 107 Å². The second-order valence-corrected chi connectivity index (χ2v) is 10.3. The van der Waals surface area contributed by atoms with Crippen molar-refractivity contribution in [2.24, 2.45) is 0 Å². The van der Waals surface area contributed by atoms with Gasteiger partial charge in [0.1, 0.15) is 17.2 Å². The third-order valence-corrected chi connectivity index (χ3v) is 7.79. The lowest BCUT2D eigenvalue weighted by Crippen LogP contribution is -2.69. The highest BCUT2D eigenvalue weighted by molar-refractivity contribution is 7.11. The average molecular weight is 569 g/mol. The minimum absolute atomic E-state index is 0.507. The maximum Gasteiger partial charge on any atom is 0.134 e. The zero-order valence-corrected chi connectivity index (χ0v) is 24.1. The summed E-state index contributed by atoms with van der Waals surface area (Å²) in [5, 5.41) is 1.70. The summed E-state index contributed by atoms with van der Waals surface area (Å²) >= 11 is 19.7. The van der Waals surface area contributed by atoms with Gasteiger partial charge in [-0.25, -0.2) is 0 Å². The quantitative estimate of drug-likeness (QED) is 0.181. The Kier molecular flexibility index (Phi) is 9.54. The number of benzene rings is 4. The standard InChI is InChI=1S/C31H31BCl3O3/c1-4-36-29-18-23(12-15-26(29)33)32(21-22-10-8-7-9-11-22,24-13-16-27(34)30(19-24)37-5-2)25-14-17-28(35)31(20-25)38-6-3/h7-20H,4-6,21H2,1-3H3/q-1. The lowest BCUT2D eigenvalue weighted by molar-refractivity contribution is 0.340. The van der Waals surface area contributed by atoms with Crippen molar-refractivity contribution < 1.29 is 14.2 Å². The molecule has 0 bridgehead atoms. The summed E-state index contributed by atoms with van der Waals surface area (Å²) < 4.78 is 17.8. The summed E-state index contributed by atoms with van der Waals surface area (Å²) in [7, 11) is 0. The van der Waals surface area contributed by atoms with E-state index in [4.69, 9.17) is 49.0 Å². The van der Waals surface area contributed by atoms with Crippen LogP contribution in [-0.4, -0.2) is 26.0 Å². The average Bonchev–Trinajstić information content (AvgIpc) is 2.92. The molecule has 0 fully saturated rings. The fraction of sp³-hybridized carbons (Fsp3) is 0.226. The number of halogens is 3. The molecule has 0 spiro atoms. The van der Waals surface area contributed by atoms with Crippen molar-refractivity contribution >= 4 is 57.3 Å². The normalized spacial score (nSPS) is 11.3. The summed E-state index contributed by atoms with van der Waals surface area (Å²) in [4.78, 5) is 0. The Labute approximate surface area is 240 Å². The Morgan fingerprint density at radius 1 is 0.526 bits per heavy atom. The molecule has 4 aromatic rings. The molecule has 0 N–H and O–H groups in total. The van der Waals surface area contributed by atoms with Gasteiger partial charge in [0.15, 0.2) is 0 Å². The van der Waals surface area contributed by atoms with Gasteiger partial charge in [-0.15, -0.1) is 6.32 Å². The molecule has 38 heavy (non-hydrogen) atoms. The molecule has 198 valence electrons. The number of rotatable bonds is 11. The molecular weight excluding hydrogens is 538 g/mol. The molecule has 0 unspecified atom stereocenters. The second kappa shape index (κ2) is 12.8. The Morgan fingerprint density at radius 3 is 1.24 bits per heavy atom. The van der Waals surface area contributed by atoms with Crippen LogP contribution >= 0.6 is 34.8 Å². The lowest BCUT2D eigenvalue weighted by Gasteiger charge is -2.44. The molecule has 0 aliphatic carbocycles. The van der Waals surface area contributed by atoms with E-state index in [1.54, 1.807) is 0 Å². The van der Waals surface area contributed by atoms with Gasteiger partial charge in [-0.05, 0) is 39.0 Å². The van der Waals surface area contributed by atoms with Crippen molar-refractivity contribution in [3.63, 3.8) is 0 Å². The predicted molar refractivity (Wildman–Crippen MR) is 163 cm³/mol. The van der Waals surface area contributed by atoms with Crippen LogP contribution in [0.3, 0.4) is 0 Å². The highest BCUT2D eigenvalue weighted by atomic mass is 35.5. The van der Waals surface area contributed by atoms with Crippen LogP contribution in [0.25, 0.3) is 0 Å². The fourth-order valence-corrected chi connectivity index (χ4v) is 5.69. The van der Waals surface area contributed by atoms with Gasteiger partial charge in [-0.3, -0.25) is 0 Å². The second-order valence-electron chi connectivity index (χ2n) is 9.10. The first kappa shape index (κ1) is 28.2. The monoisotopic (exact) mass is 567 g/mol. The highest BCUT2D eigenvalue weighted by Crippen LogP contribution is 2.30. The highest BCUT2D eigenvalue weighted by Gasteiger charge is 2.32. The summed E-state index contributed by atoms with van der Waals surface area (Å²) in [6, 6.07) is 28.6. The van der Waals surface area contributed by atoms with E-state index < -0.39 is 6.15 Å². The van der Waals surface area contributed by atoms with E-state index in [0.717, 1.165) is 16.4 Å². The van der Waals surface area contributed by atoms with Crippen LogP contribution in [0.1, 0.15) is 26.3 Å². The lowest BCUT2D eigenvalue weighted by atomic mass is 9.14. The molecule has 4 rings (SSSR count). The zero-order chi connectivity index (χ0) is 27.1. The van der Waals surface area contributed by atoms with E-state index in [2.05, 4.69) is 60.7 Å². The summed E-state index contributed by atoms with van der Waals surface area (Å²) in [5.74, 6) is 1.93. The molecule has 0 aliphatic heterocycles. The first-order valence-electron chi connectivity index (χ1n) is 12.9. The largest absolute Gasteiger partial charge is 0.492 e. The van der Waals surface area contributed by atoms with Gasteiger partial charge in [0, 0.05) is 0 Å². The van der Waals surface area contributed by atoms with Crippen molar-refractivity contribution in [3.05, 3.63) is 106 Å². The van der Waals surface area contributed by atoms with Crippen LogP contribution < -0.4 is 30.6 Å². The molecule has 0 saturated heterocycles. The van der Waals surface area contributed by atoms with Crippen LogP contribution in [0, 0.1) is 0 Å². The van der Waals surface area contributed by atoms with E-state index in [1.807, 2.05) is 45.0 Å². The summed E-state index contributed by atoms with van der Waals surface area (Å²) in [6.45, 7) is 7.37. The molecule has 0 aliphatic rings. The van der Waals surface area contributed by atoms with Crippen LogP contribution in [0.5, 0.6) is 17.2 Å². The first-order valence-corrected chi connectivity index (χ1v) is 14.1. The molecule has 0 atom stereocenters. The maximum atomic E-state index is 6.56. The Balaban J connectivity index is 2.10. The van der Waals surface area contributed by atoms with Gasteiger partial charge >= 0.3 is 0 Å². The molecule has 3 nitrogen and oxygen atoms in total. The van der Waals surface area contributed by atoms with E-state index in [1.165, 1.54) is 5.56 Å². The van der Waals surface area contributed by atoms with Gasteiger partial charge in [0.2, 0.25) is 0 Å². The molecule has 4 aromatic carbocycles. The van der Waals surface area contributed by atoms with Crippen LogP contribution in [-0.2, 0) is 6.32 Å². The van der Waals surface area contributed by atoms with Crippen molar-refractivity contribution in [2.45, 2.75) is 27.1 Å². The topological polar surface area (TPSA) is 27.7 Å². The predicted octanol–water partition coefficient (Wildman–Crippen LogP) is 7.10. The summed E-state index contributed by atoms with van der Waals surface area (Å²) in [6.07, 6.45) is -0.950. The van der Waals surface area contributed by atoms with Crippen molar-refractivity contribution in [2.75, 3.05) is 19.8 Å². The minimum Gasteiger partial charge on any atom is -0.492 e. The first-order chi connectivity index (χ1) is 18.4. The molecule has 0 saturated carbocycles. The molecule has 0 amide bonds. The third-order valence-electron chi connectivity index (χ3n) is 6.86. The Bertz CT molecular complexity index is 1240. The van der Waals surface area contributed by atoms with Gasteiger partial charge in [0.05, 0.1) is 41.0 Å². The number of hydrogen-bond donors (Lipinski definition) is 0. The minimum atomic E-state index is -1.65. The van der Waals surface area contributed by atoms with Gasteiger partial charge in [0.25, 0.3) is 0 Å². The van der Waals surface area contributed by atoms with Crippen LogP contribution in [0.15, 0.2) is 84.9 Å². The van der Waals surface area contributed by atoms with Gasteiger partial charge in [-0.2, -0.15) is 16.4 Å². The maximum absolute atomic E-state index is 6.56. The van der Waals surface area contributed by atoms with Crippen LogP contribution in [0.2, 0.25) is 15.1 Å². The van der Waals surface area contributed by atoms with Gasteiger partial charge < -0.3 is 14.2 Å². The molecular formula is C31H31BCl3O3-. The number of hydrogen-bond acceptors (Lipinski definition) is 3. The fourth-order valence-electron chi connectivity index (χ4n) is 5.18. The van der Waals surface area contributed by atoms with E-state index in [9.17, 15) is 0 Å². The van der Waals surface area contributed by atoms with E-state index in [0.29, 0.717) is 58.5 Å². The summed E-state index contributed by atoms with van der Waals surface area (Å²) in [5.41, 5.74) is 4.38. The van der Waals surface area contributed by atoms with E-state index >= 15 is 0 Å². The smallest absolute Gasteiger partial charge is 0.134 e. The Hall–Kier alpha value is -2.79. The van der Waals surface area contributed by atoms with Crippen molar-refractivity contribution in [1.82, 2.24) is 0 Å². The number of ether oxygens (including phenoxy) is 3. The SMILES string of the molecule is CCOc1cc([B-](Cc2ccccc2)(c2ccc(Cl)c(OCC)c2)c2ccc(Cl)c(OCC)c2)ccc1Cl. The van der Waals surface area contributed by atoms with Crippen molar-refractivity contribution in [3.8, 4) is 17.2 Å². The Morgan fingerprint density at radius 2 is 0.895 bits per heavy atom.